The van der Waals surface area contributed by atoms with Crippen molar-refractivity contribution in [2.24, 2.45) is 0 Å². The van der Waals surface area contributed by atoms with Gasteiger partial charge in [0.25, 0.3) is 0 Å². The number of nitrogens with one attached hydrogen (secondary N) is 1. The molecule has 1 heterocycles. The van der Waals surface area contributed by atoms with Gasteiger partial charge in [-0.3, -0.25) is 5.41 Å². The molecule has 56 valence electrons. The number of hydrogen-bond acceptors (Lipinski definition) is 1. The lowest BCUT2D eigenvalue weighted by molar-refractivity contribution is 1.14. The summed E-state index contributed by atoms with van der Waals surface area (Å²) in [6, 6.07) is 6.11. The summed E-state index contributed by atoms with van der Waals surface area (Å²) in [5.41, 5.74) is 3.48. The maximum Gasteiger partial charge on any atom is 0.134 e. The summed E-state index contributed by atoms with van der Waals surface area (Å²) in [5.74, 6) is 0.637. The number of nitrogens with zero attached hydrogens (tertiary/aromatic N) is 1. The van der Waals surface area contributed by atoms with Crippen molar-refractivity contribution in [2.75, 3.05) is 11.9 Å². The number of rotatable bonds is 0. The average Bonchev–Trinajstić information content (AvgIpc) is 2.03. The molecule has 0 spiro atoms. The lowest BCUT2D eigenvalue weighted by Crippen LogP contribution is -2.37. The first-order valence-electron chi connectivity index (χ1n) is 3.64. The topological polar surface area (TPSA) is 27.1 Å². The highest BCUT2D eigenvalue weighted by Crippen LogP contribution is 2.32. The molecule has 1 N–H and O–H groups in total. The molecular formula is C9H10N2. The predicted octanol–water partition coefficient (Wildman–Crippen LogP) is 1.77. The average molecular weight is 146 g/mol. The third-order valence-electron chi connectivity index (χ3n) is 2.18. The number of amidine groups is 1. The highest BCUT2D eigenvalue weighted by Gasteiger charge is 2.26. The quantitative estimate of drug-likeness (QED) is 0.593. The molecule has 2 nitrogen and oxygen atoms in total. The van der Waals surface area contributed by atoms with Gasteiger partial charge in [-0.05, 0) is 18.6 Å². The summed E-state index contributed by atoms with van der Waals surface area (Å²) in [6.45, 7) is 2.04. The summed E-state index contributed by atoms with van der Waals surface area (Å²) in [4.78, 5) is 1.89. The third kappa shape index (κ3) is 0.638. The van der Waals surface area contributed by atoms with Gasteiger partial charge in [-0.15, -0.1) is 0 Å². The highest BCUT2D eigenvalue weighted by molar-refractivity contribution is 6.21. The van der Waals surface area contributed by atoms with Gasteiger partial charge < -0.3 is 4.90 Å². The fourth-order valence-corrected chi connectivity index (χ4v) is 1.48. The van der Waals surface area contributed by atoms with E-state index in [-0.39, 0.29) is 0 Å². The van der Waals surface area contributed by atoms with Crippen LogP contribution in [-0.4, -0.2) is 12.9 Å². The maximum atomic E-state index is 7.58. The van der Waals surface area contributed by atoms with E-state index in [1.807, 2.05) is 37.1 Å². The van der Waals surface area contributed by atoms with Gasteiger partial charge in [0.05, 0.1) is 5.69 Å². The van der Waals surface area contributed by atoms with Gasteiger partial charge in [0.2, 0.25) is 0 Å². The fraction of sp³-hybridized carbons (Fsp3) is 0.222. The van der Waals surface area contributed by atoms with Crippen LogP contribution in [0.1, 0.15) is 11.1 Å². The standard InChI is InChI=1S/C9H10N2/c1-6-4-3-5-7-8(6)9(10)11(7)2/h3-5,10H,1-2H3. The first kappa shape index (κ1) is 6.40. The lowest BCUT2D eigenvalue weighted by atomic mass is 9.97. The second-order valence-electron chi connectivity index (χ2n) is 2.88. The Morgan fingerprint density at radius 3 is 2.73 bits per heavy atom. The molecule has 0 saturated carbocycles. The Labute approximate surface area is 66.0 Å². The molecule has 2 rings (SSSR count). The molecule has 2 heteroatoms. The van der Waals surface area contributed by atoms with E-state index in [1.54, 1.807) is 0 Å². The van der Waals surface area contributed by atoms with Crippen LogP contribution in [0.25, 0.3) is 0 Å². The second-order valence-corrected chi connectivity index (χ2v) is 2.88. The van der Waals surface area contributed by atoms with Crippen LogP contribution in [0.15, 0.2) is 18.2 Å². The SMILES string of the molecule is Cc1cccc2c1C(=N)N2C. The number of fused-ring (bicyclic) bond motifs is 1. The minimum Gasteiger partial charge on any atom is -0.329 e. The molecule has 0 saturated heterocycles. The van der Waals surface area contributed by atoms with E-state index < -0.39 is 0 Å². The Kier molecular flexibility index (Phi) is 1.07. The summed E-state index contributed by atoms with van der Waals surface area (Å²) in [7, 11) is 1.92. The van der Waals surface area contributed by atoms with E-state index >= 15 is 0 Å². The van der Waals surface area contributed by atoms with Crippen molar-refractivity contribution in [3.63, 3.8) is 0 Å². The van der Waals surface area contributed by atoms with Gasteiger partial charge >= 0.3 is 0 Å². The van der Waals surface area contributed by atoms with Crippen LogP contribution in [0.4, 0.5) is 5.69 Å². The zero-order chi connectivity index (χ0) is 8.01. The number of hydrogen-bond donors (Lipinski definition) is 1. The van der Waals surface area contributed by atoms with Gasteiger partial charge in [0.15, 0.2) is 0 Å². The zero-order valence-electron chi connectivity index (χ0n) is 6.68. The number of benzene rings is 1. The summed E-state index contributed by atoms with van der Waals surface area (Å²) < 4.78 is 0. The third-order valence-corrected chi connectivity index (χ3v) is 2.18. The predicted molar refractivity (Wildman–Crippen MR) is 46.4 cm³/mol. The Morgan fingerprint density at radius 1 is 1.36 bits per heavy atom. The van der Waals surface area contributed by atoms with Gasteiger partial charge in [-0.1, -0.05) is 12.1 Å². The van der Waals surface area contributed by atoms with E-state index in [0.717, 1.165) is 5.56 Å². The van der Waals surface area contributed by atoms with Crippen LogP contribution in [-0.2, 0) is 0 Å². The van der Waals surface area contributed by atoms with E-state index in [0.29, 0.717) is 5.84 Å². The van der Waals surface area contributed by atoms with Crippen LogP contribution in [0.3, 0.4) is 0 Å². The molecule has 1 aliphatic heterocycles. The Balaban J connectivity index is 2.66. The van der Waals surface area contributed by atoms with Gasteiger partial charge in [-0.25, -0.2) is 0 Å². The van der Waals surface area contributed by atoms with E-state index in [4.69, 9.17) is 5.41 Å². The summed E-state index contributed by atoms with van der Waals surface area (Å²) in [6.07, 6.45) is 0. The zero-order valence-corrected chi connectivity index (χ0v) is 6.68. The second kappa shape index (κ2) is 1.84. The molecule has 1 aromatic rings. The number of anilines is 1. The van der Waals surface area contributed by atoms with Crippen LogP contribution in [0.2, 0.25) is 0 Å². The van der Waals surface area contributed by atoms with Crippen molar-refractivity contribution in [3.05, 3.63) is 29.3 Å². The molecule has 0 radical (unpaired) electrons. The molecule has 0 aromatic heterocycles. The minimum absolute atomic E-state index is 0.637. The van der Waals surface area contributed by atoms with Crippen molar-refractivity contribution in [1.82, 2.24) is 0 Å². The smallest absolute Gasteiger partial charge is 0.134 e. The van der Waals surface area contributed by atoms with Crippen LogP contribution in [0, 0.1) is 12.3 Å². The molecule has 0 aliphatic carbocycles. The molecular weight excluding hydrogens is 136 g/mol. The normalized spacial score (nSPS) is 14.4. The molecule has 0 amide bonds. The van der Waals surface area contributed by atoms with Crippen molar-refractivity contribution < 1.29 is 0 Å². The first-order chi connectivity index (χ1) is 5.22. The number of aryl methyl sites for hydroxylation is 1. The largest absolute Gasteiger partial charge is 0.329 e. The highest BCUT2D eigenvalue weighted by atomic mass is 15.2. The summed E-state index contributed by atoms with van der Waals surface area (Å²) in [5, 5.41) is 7.58. The maximum absolute atomic E-state index is 7.58. The Morgan fingerprint density at radius 2 is 2.09 bits per heavy atom. The Hall–Kier alpha value is -1.31. The Bertz CT molecular complexity index is 328. The van der Waals surface area contributed by atoms with Crippen LogP contribution >= 0.6 is 0 Å². The van der Waals surface area contributed by atoms with Crippen molar-refractivity contribution >= 4 is 11.5 Å². The molecule has 0 unspecified atom stereocenters. The van der Waals surface area contributed by atoms with Gasteiger partial charge in [0.1, 0.15) is 5.84 Å². The van der Waals surface area contributed by atoms with Crippen molar-refractivity contribution in [2.45, 2.75) is 6.92 Å². The van der Waals surface area contributed by atoms with E-state index in [2.05, 4.69) is 0 Å². The fourth-order valence-electron chi connectivity index (χ4n) is 1.48. The van der Waals surface area contributed by atoms with Crippen molar-refractivity contribution in [3.8, 4) is 0 Å². The molecule has 1 aliphatic rings. The monoisotopic (exact) mass is 146 g/mol. The lowest BCUT2D eigenvalue weighted by Gasteiger charge is -2.34. The van der Waals surface area contributed by atoms with Crippen LogP contribution in [0.5, 0.6) is 0 Å². The molecule has 0 atom stereocenters. The van der Waals surface area contributed by atoms with Gasteiger partial charge in [-0.2, -0.15) is 0 Å². The van der Waals surface area contributed by atoms with E-state index in [9.17, 15) is 0 Å². The molecule has 1 aromatic carbocycles. The first-order valence-corrected chi connectivity index (χ1v) is 3.64. The molecule has 11 heavy (non-hydrogen) atoms. The minimum atomic E-state index is 0.637. The van der Waals surface area contributed by atoms with Crippen LogP contribution < -0.4 is 4.90 Å². The summed E-state index contributed by atoms with van der Waals surface area (Å²) >= 11 is 0. The van der Waals surface area contributed by atoms with E-state index in [1.165, 1.54) is 11.3 Å². The van der Waals surface area contributed by atoms with Gasteiger partial charge in [0, 0.05) is 12.6 Å². The molecule has 0 bridgehead atoms. The van der Waals surface area contributed by atoms with Crippen molar-refractivity contribution in [1.29, 1.82) is 5.41 Å². The molecule has 0 fully saturated rings.